The normalized spacial score (nSPS) is 11.8. The molecule has 0 bridgehead atoms. The quantitative estimate of drug-likeness (QED) is 0.222. The van der Waals surface area contributed by atoms with Crippen LogP contribution in [0.3, 0.4) is 0 Å². The Morgan fingerprint density at radius 2 is 0.872 bits per heavy atom. The van der Waals surface area contributed by atoms with Crippen LogP contribution in [-0.4, -0.2) is 9.97 Å². The van der Waals surface area contributed by atoms with Crippen molar-refractivity contribution in [2.45, 2.75) is 13.8 Å². The van der Waals surface area contributed by atoms with Crippen LogP contribution >= 0.6 is 0 Å². The minimum atomic E-state index is 0.805. The molecule has 0 spiro atoms. The summed E-state index contributed by atoms with van der Waals surface area (Å²) in [5, 5.41) is 11.6. The van der Waals surface area contributed by atoms with Crippen molar-refractivity contribution in [2.75, 3.05) is 0 Å². The molecule has 8 rings (SSSR count). The lowest BCUT2D eigenvalue weighted by molar-refractivity contribution is 0.483. The molecule has 0 saturated carbocycles. The summed E-state index contributed by atoms with van der Waals surface area (Å²) in [4.78, 5) is 9.75. The molecule has 0 atom stereocenters. The summed E-state index contributed by atoms with van der Waals surface area (Å²) >= 11 is 0. The molecule has 0 aliphatic rings. The van der Waals surface area contributed by atoms with Crippen LogP contribution in [0.2, 0.25) is 0 Å². The fraction of sp³-hybridized carbons (Fsp3) is 0.0556. The average molecular weight is 501 g/mol. The molecular weight excluding hydrogens is 476 g/mol. The summed E-state index contributed by atoms with van der Waals surface area (Å²) in [6.07, 6.45) is 3.93. The zero-order chi connectivity index (χ0) is 26.1. The molecule has 8 aromatic rings. The van der Waals surface area contributed by atoms with E-state index < -0.39 is 0 Å². The van der Waals surface area contributed by atoms with E-state index in [2.05, 4.69) is 111 Å². The van der Waals surface area contributed by atoms with Gasteiger partial charge >= 0.3 is 0 Å². The molecule has 0 fully saturated rings. The summed E-state index contributed by atoms with van der Waals surface area (Å²) < 4.78 is 6.57. The summed E-state index contributed by atoms with van der Waals surface area (Å²) in [5.74, 6) is 1.61. The van der Waals surface area contributed by atoms with Crippen LogP contribution in [-0.2, 0) is 0 Å². The largest absolute Gasteiger partial charge is 0.457 e. The molecule has 0 amide bonds. The first-order valence-electron chi connectivity index (χ1n) is 13.2. The van der Waals surface area contributed by atoms with Gasteiger partial charge in [0.1, 0.15) is 11.5 Å². The Morgan fingerprint density at radius 3 is 1.36 bits per heavy atom. The van der Waals surface area contributed by atoms with Gasteiger partial charge in [-0.2, -0.15) is 0 Å². The smallest absolute Gasteiger partial charge is 0.128 e. The fourth-order valence-electron chi connectivity index (χ4n) is 6.09. The van der Waals surface area contributed by atoms with E-state index in [0.29, 0.717) is 0 Å². The molecule has 0 saturated heterocycles. The Hall–Kier alpha value is -5.02. The van der Waals surface area contributed by atoms with Gasteiger partial charge in [-0.15, -0.1) is 0 Å². The van der Waals surface area contributed by atoms with Gasteiger partial charge in [0, 0.05) is 44.7 Å². The molecule has 6 aromatic carbocycles. The van der Waals surface area contributed by atoms with Gasteiger partial charge in [-0.25, -0.2) is 0 Å². The van der Waals surface area contributed by atoms with Crippen molar-refractivity contribution in [3.8, 4) is 11.5 Å². The molecule has 2 aromatic heterocycles. The highest BCUT2D eigenvalue weighted by Gasteiger charge is 2.13. The van der Waals surface area contributed by atoms with Crippen molar-refractivity contribution in [1.29, 1.82) is 0 Å². The van der Waals surface area contributed by atoms with Crippen molar-refractivity contribution >= 4 is 64.9 Å². The molecule has 39 heavy (non-hydrogen) atoms. The van der Waals surface area contributed by atoms with E-state index in [9.17, 15) is 0 Å². The maximum absolute atomic E-state index is 6.57. The number of pyridine rings is 2. The Morgan fingerprint density at radius 1 is 0.436 bits per heavy atom. The summed E-state index contributed by atoms with van der Waals surface area (Å²) in [6, 6.07) is 34.1. The highest BCUT2D eigenvalue weighted by molar-refractivity contribution is 6.17. The topological polar surface area (TPSA) is 35.0 Å². The van der Waals surface area contributed by atoms with Crippen LogP contribution in [0.15, 0.2) is 109 Å². The number of fused-ring (bicyclic) bond motifs is 10. The Balaban J connectivity index is 1.31. The van der Waals surface area contributed by atoms with Crippen molar-refractivity contribution in [3.05, 3.63) is 121 Å². The molecule has 3 nitrogen and oxygen atoms in total. The summed E-state index contributed by atoms with van der Waals surface area (Å²) in [6.45, 7) is 4.27. The third-order valence-corrected chi connectivity index (χ3v) is 7.98. The molecule has 184 valence electrons. The Labute approximate surface area is 225 Å². The first kappa shape index (κ1) is 22.0. The second-order valence-electron chi connectivity index (χ2n) is 10.4. The van der Waals surface area contributed by atoms with E-state index in [0.717, 1.165) is 66.0 Å². The van der Waals surface area contributed by atoms with Crippen LogP contribution < -0.4 is 4.74 Å². The Bertz CT molecular complexity index is 2120. The number of aryl methyl sites for hydroxylation is 2. The molecule has 0 radical (unpaired) electrons. The van der Waals surface area contributed by atoms with Crippen LogP contribution in [0.5, 0.6) is 11.5 Å². The predicted octanol–water partition coefficient (Wildman–Crippen LogP) is 9.80. The average Bonchev–Trinajstić information content (AvgIpc) is 2.96. The van der Waals surface area contributed by atoms with Gasteiger partial charge < -0.3 is 4.74 Å². The number of rotatable bonds is 2. The predicted molar refractivity (Wildman–Crippen MR) is 163 cm³/mol. The van der Waals surface area contributed by atoms with Crippen molar-refractivity contribution < 1.29 is 4.74 Å². The zero-order valence-corrected chi connectivity index (χ0v) is 21.7. The number of hydrogen-bond acceptors (Lipinski definition) is 3. The zero-order valence-electron chi connectivity index (χ0n) is 21.7. The van der Waals surface area contributed by atoms with Crippen LogP contribution in [0, 0.1) is 13.8 Å². The first-order chi connectivity index (χ1) is 19.1. The molecule has 0 N–H and O–H groups in total. The number of nitrogens with zero attached hydrogens (tertiary/aromatic N) is 2. The number of aromatic nitrogens is 2. The van der Waals surface area contributed by atoms with Gasteiger partial charge in [-0.05, 0) is 70.8 Å². The van der Waals surface area contributed by atoms with Gasteiger partial charge in [0.2, 0.25) is 0 Å². The van der Waals surface area contributed by atoms with Crippen molar-refractivity contribution in [2.24, 2.45) is 0 Å². The van der Waals surface area contributed by atoms with Gasteiger partial charge in [-0.3, -0.25) is 9.97 Å². The van der Waals surface area contributed by atoms with E-state index >= 15 is 0 Å². The molecule has 2 heterocycles. The van der Waals surface area contributed by atoms with Crippen molar-refractivity contribution in [3.63, 3.8) is 0 Å². The minimum absolute atomic E-state index is 0.805. The van der Waals surface area contributed by atoms with E-state index in [-0.39, 0.29) is 0 Å². The van der Waals surface area contributed by atoms with Gasteiger partial charge in [-0.1, -0.05) is 72.8 Å². The summed E-state index contributed by atoms with van der Waals surface area (Å²) in [5.41, 5.74) is 4.32. The maximum atomic E-state index is 6.57. The third-order valence-electron chi connectivity index (χ3n) is 7.98. The number of benzene rings is 6. The molecule has 3 heteroatoms. The third kappa shape index (κ3) is 3.37. The van der Waals surface area contributed by atoms with Gasteiger partial charge in [0.15, 0.2) is 0 Å². The maximum Gasteiger partial charge on any atom is 0.128 e. The fourth-order valence-corrected chi connectivity index (χ4v) is 6.09. The second-order valence-corrected chi connectivity index (χ2v) is 10.4. The molecular formula is C36H24N2O. The van der Waals surface area contributed by atoms with Gasteiger partial charge in [0.25, 0.3) is 0 Å². The van der Waals surface area contributed by atoms with Gasteiger partial charge in [0.05, 0.1) is 11.0 Å². The number of ether oxygens (including phenoxy) is 1. The van der Waals surface area contributed by atoms with Crippen LogP contribution in [0.1, 0.15) is 11.1 Å². The Kier molecular flexibility index (Phi) is 4.65. The monoisotopic (exact) mass is 500 g/mol. The number of hydrogen-bond donors (Lipinski definition) is 0. The SMILES string of the molecule is Cc1cc(Oc2cc(C)c3ccc4c5ccccc5cnc4c3c2)cc2c1ccc1c3ccccc3cnc21. The highest BCUT2D eigenvalue weighted by atomic mass is 16.5. The lowest BCUT2D eigenvalue weighted by Crippen LogP contribution is -1.92. The highest BCUT2D eigenvalue weighted by Crippen LogP contribution is 2.37. The molecule has 0 aliphatic carbocycles. The van der Waals surface area contributed by atoms with E-state index in [1.165, 1.54) is 21.5 Å². The van der Waals surface area contributed by atoms with Crippen LogP contribution in [0.25, 0.3) is 64.9 Å². The first-order valence-corrected chi connectivity index (χ1v) is 13.2. The molecule has 0 unspecified atom stereocenters. The van der Waals surface area contributed by atoms with E-state index in [1.807, 2.05) is 12.4 Å². The molecule has 0 aliphatic heterocycles. The van der Waals surface area contributed by atoms with Crippen LogP contribution in [0.4, 0.5) is 0 Å². The van der Waals surface area contributed by atoms with E-state index in [1.54, 1.807) is 0 Å². The lowest BCUT2D eigenvalue weighted by atomic mass is 9.98. The summed E-state index contributed by atoms with van der Waals surface area (Å²) in [7, 11) is 0. The lowest BCUT2D eigenvalue weighted by Gasteiger charge is -2.14. The van der Waals surface area contributed by atoms with E-state index in [4.69, 9.17) is 14.7 Å². The minimum Gasteiger partial charge on any atom is -0.457 e. The second kappa shape index (κ2) is 8.24. The van der Waals surface area contributed by atoms with Crippen molar-refractivity contribution in [1.82, 2.24) is 9.97 Å². The standard InChI is InChI=1S/C36H24N2O/c1-21-15-25(17-33-27(21)11-13-31-29-9-5-3-7-23(29)19-37-35(31)33)39-26-16-22(2)28-12-14-32-30-10-6-4-8-24(30)20-38-36(32)34(28)18-26/h3-20H,1-2H3.